The Morgan fingerprint density at radius 2 is 1.96 bits per heavy atom. The number of carbonyl (C=O) groups excluding carboxylic acids is 2. The minimum Gasteiger partial charge on any atom is -0.398 e. The van der Waals surface area contributed by atoms with E-state index in [0.717, 1.165) is 27.5 Å². The number of aryl methyl sites for hydroxylation is 1. The van der Waals surface area contributed by atoms with Crippen molar-refractivity contribution in [3.63, 3.8) is 0 Å². The summed E-state index contributed by atoms with van der Waals surface area (Å²) < 4.78 is 0. The monoisotopic (exact) mass is 346 g/mol. The second-order valence-corrected chi connectivity index (χ2v) is 5.98. The number of nitrogens with two attached hydrogens (primary N) is 1. The molecule has 26 heavy (non-hydrogen) atoms. The van der Waals surface area contributed by atoms with Crippen molar-refractivity contribution in [2.24, 2.45) is 0 Å². The summed E-state index contributed by atoms with van der Waals surface area (Å²) >= 11 is 0. The third-order valence-corrected chi connectivity index (χ3v) is 3.94. The summed E-state index contributed by atoms with van der Waals surface area (Å²) in [6.07, 6.45) is 7.55. The molecule has 0 aliphatic rings. The number of amides is 1. The summed E-state index contributed by atoms with van der Waals surface area (Å²) in [5.41, 5.74) is 9.81. The number of allylic oxidation sites excluding steroid dienone is 1. The number of rotatable bonds is 4. The predicted molar refractivity (Wildman–Crippen MR) is 103 cm³/mol. The van der Waals surface area contributed by atoms with E-state index in [0.29, 0.717) is 11.5 Å². The Hall–Kier alpha value is -3.54. The average Bonchev–Trinajstić information content (AvgIpc) is 2.60. The summed E-state index contributed by atoms with van der Waals surface area (Å²) in [4.78, 5) is 31.1. The fourth-order valence-electron chi connectivity index (χ4n) is 2.64. The number of ketones is 1. The highest BCUT2D eigenvalue weighted by atomic mass is 16.1. The number of hydrogen-bond acceptors (Lipinski definition) is 5. The maximum absolute atomic E-state index is 11.8. The number of nitrogens with zero attached hydrogens (tertiary/aromatic N) is 2. The molecule has 1 amide bonds. The summed E-state index contributed by atoms with van der Waals surface area (Å²) in [5, 5.41) is 4.29. The van der Waals surface area contributed by atoms with Crippen LogP contribution in [0.2, 0.25) is 0 Å². The van der Waals surface area contributed by atoms with E-state index in [-0.39, 0.29) is 5.78 Å². The molecule has 0 aliphatic heterocycles. The van der Waals surface area contributed by atoms with Gasteiger partial charge in [0, 0.05) is 41.3 Å². The normalized spacial score (nSPS) is 11.0. The first kappa shape index (κ1) is 17.3. The van der Waals surface area contributed by atoms with E-state index < -0.39 is 5.91 Å². The molecule has 0 saturated carbocycles. The van der Waals surface area contributed by atoms with E-state index in [4.69, 9.17) is 5.73 Å². The highest BCUT2D eigenvalue weighted by molar-refractivity contribution is 6.04. The van der Waals surface area contributed by atoms with Crippen LogP contribution in [0, 0.1) is 6.92 Å². The fraction of sp³-hybridized carbons (Fsp3) is 0.100. The van der Waals surface area contributed by atoms with Gasteiger partial charge in [-0.3, -0.25) is 14.6 Å². The van der Waals surface area contributed by atoms with Crippen molar-refractivity contribution in [2.45, 2.75) is 13.8 Å². The average molecular weight is 346 g/mol. The summed E-state index contributed by atoms with van der Waals surface area (Å²) in [7, 11) is 0. The number of anilines is 2. The van der Waals surface area contributed by atoms with Crippen LogP contribution in [0.3, 0.4) is 0 Å². The first-order chi connectivity index (χ1) is 12.4. The van der Waals surface area contributed by atoms with E-state index in [9.17, 15) is 9.59 Å². The Bertz CT molecular complexity index is 1040. The van der Waals surface area contributed by atoms with E-state index in [2.05, 4.69) is 15.3 Å². The van der Waals surface area contributed by atoms with Gasteiger partial charge in [-0.2, -0.15) is 0 Å². The lowest BCUT2D eigenvalue weighted by molar-refractivity contribution is -0.114. The van der Waals surface area contributed by atoms with Gasteiger partial charge in [-0.15, -0.1) is 0 Å². The maximum atomic E-state index is 11.8. The van der Waals surface area contributed by atoms with Gasteiger partial charge in [-0.25, -0.2) is 4.98 Å². The topological polar surface area (TPSA) is 98.0 Å². The Balaban J connectivity index is 1.99. The van der Waals surface area contributed by atoms with Crippen LogP contribution < -0.4 is 11.1 Å². The molecule has 3 aromatic rings. The predicted octanol–water partition coefficient (Wildman–Crippen LogP) is 3.27. The van der Waals surface area contributed by atoms with Crippen molar-refractivity contribution in [3.8, 4) is 11.1 Å². The van der Waals surface area contributed by atoms with Crippen molar-refractivity contribution in [2.75, 3.05) is 11.1 Å². The molecule has 6 nitrogen and oxygen atoms in total. The smallest absolute Gasteiger partial charge is 0.249 e. The quantitative estimate of drug-likeness (QED) is 0.558. The van der Waals surface area contributed by atoms with Gasteiger partial charge in [0.15, 0.2) is 5.78 Å². The van der Waals surface area contributed by atoms with Gasteiger partial charge in [0.2, 0.25) is 5.91 Å². The number of benzene rings is 1. The molecule has 6 heteroatoms. The third-order valence-electron chi connectivity index (χ3n) is 3.94. The molecule has 0 atom stereocenters. The Labute approximate surface area is 150 Å². The lowest BCUT2D eigenvalue weighted by atomic mass is 9.99. The molecule has 0 fully saturated rings. The molecule has 0 spiro atoms. The van der Waals surface area contributed by atoms with Crippen molar-refractivity contribution < 1.29 is 9.59 Å². The lowest BCUT2D eigenvalue weighted by Crippen LogP contribution is -2.09. The van der Waals surface area contributed by atoms with Crippen LogP contribution in [-0.4, -0.2) is 21.7 Å². The Morgan fingerprint density at radius 3 is 2.69 bits per heavy atom. The van der Waals surface area contributed by atoms with Crippen LogP contribution in [0.5, 0.6) is 0 Å². The minimum absolute atomic E-state index is 0.198. The summed E-state index contributed by atoms with van der Waals surface area (Å²) in [6, 6.07) is 7.57. The molecule has 2 heterocycles. The molecule has 3 rings (SSSR count). The van der Waals surface area contributed by atoms with Gasteiger partial charge < -0.3 is 11.1 Å². The van der Waals surface area contributed by atoms with E-state index in [1.165, 1.54) is 19.1 Å². The zero-order valence-corrected chi connectivity index (χ0v) is 14.5. The molecule has 0 bridgehead atoms. The third kappa shape index (κ3) is 3.75. The standard InChI is InChI=1S/C20H18N4O2/c1-12-5-6-22-10-16(12)14-7-15-9-19(23-11-17(15)18(21)8-14)24-20(26)4-3-13(2)25/h3-11H,21H2,1-2H3,(H,23,24,26)/b4-3+. The van der Waals surface area contributed by atoms with E-state index >= 15 is 0 Å². The van der Waals surface area contributed by atoms with Crippen molar-refractivity contribution in [3.05, 3.63) is 60.6 Å². The molecule has 0 unspecified atom stereocenters. The molecular weight excluding hydrogens is 328 g/mol. The van der Waals surface area contributed by atoms with Gasteiger partial charge in [0.1, 0.15) is 5.82 Å². The van der Waals surface area contributed by atoms with Gasteiger partial charge >= 0.3 is 0 Å². The number of hydrogen-bond donors (Lipinski definition) is 2. The fourth-order valence-corrected chi connectivity index (χ4v) is 2.64. The summed E-state index contributed by atoms with van der Waals surface area (Å²) in [6.45, 7) is 3.39. The zero-order chi connectivity index (χ0) is 18.7. The van der Waals surface area contributed by atoms with Crippen LogP contribution in [0.15, 0.2) is 55.0 Å². The number of nitrogen functional groups attached to an aromatic ring is 1. The molecule has 0 aliphatic carbocycles. The second-order valence-electron chi connectivity index (χ2n) is 5.98. The first-order valence-corrected chi connectivity index (χ1v) is 8.04. The van der Waals surface area contributed by atoms with Crippen LogP contribution in [-0.2, 0) is 9.59 Å². The molecule has 0 saturated heterocycles. The molecule has 2 aromatic heterocycles. The summed E-state index contributed by atoms with van der Waals surface area (Å²) in [5.74, 6) is -0.231. The molecule has 130 valence electrons. The molecular formula is C20H18N4O2. The largest absolute Gasteiger partial charge is 0.398 e. The lowest BCUT2D eigenvalue weighted by Gasteiger charge is -2.10. The second kappa shape index (κ2) is 7.14. The van der Waals surface area contributed by atoms with Crippen molar-refractivity contribution in [1.82, 2.24) is 9.97 Å². The number of nitrogens with one attached hydrogen (secondary N) is 1. The van der Waals surface area contributed by atoms with Crippen LogP contribution >= 0.6 is 0 Å². The van der Waals surface area contributed by atoms with Crippen molar-refractivity contribution in [1.29, 1.82) is 0 Å². The number of fused-ring (bicyclic) bond motifs is 1. The first-order valence-electron chi connectivity index (χ1n) is 8.04. The number of pyridine rings is 2. The van der Waals surface area contributed by atoms with E-state index in [1.54, 1.807) is 24.7 Å². The molecule has 0 radical (unpaired) electrons. The van der Waals surface area contributed by atoms with Crippen LogP contribution in [0.4, 0.5) is 11.5 Å². The number of carbonyl (C=O) groups is 2. The number of aromatic nitrogens is 2. The molecule has 3 N–H and O–H groups in total. The molecule has 1 aromatic carbocycles. The Kier molecular flexibility index (Phi) is 4.75. The zero-order valence-electron chi connectivity index (χ0n) is 14.5. The SMILES string of the molecule is CC(=O)/C=C/C(=O)Nc1cc2cc(-c3cnccc3C)cc(N)c2cn1. The van der Waals surface area contributed by atoms with Gasteiger partial charge in [-0.1, -0.05) is 0 Å². The minimum atomic E-state index is -0.417. The van der Waals surface area contributed by atoms with Crippen molar-refractivity contribution >= 4 is 34.0 Å². The highest BCUT2D eigenvalue weighted by Gasteiger charge is 2.08. The van der Waals surface area contributed by atoms with Gasteiger partial charge in [0.05, 0.1) is 0 Å². The highest BCUT2D eigenvalue weighted by Crippen LogP contribution is 2.31. The van der Waals surface area contributed by atoms with Crippen LogP contribution in [0.25, 0.3) is 21.9 Å². The Morgan fingerprint density at radius 1 is 1.15 bits per heavy atom. The van der Waals surface area contributed by atoms with Crippen LogP contribution in [0.1, 0.15) is 12.5 Å². The van der Waals surface area contributed by atoms with Gasteiger partial charge in [0.25, 0.3) is 0 Å². The van der Waals surface area contributed by atoms with Gasteiger partial charge in [-0.05, 0) is 60.7 Å². The van der Waals surface area contributed by atoms with E-state index in [1.807, 2.05) is 25.1 Å². The maximum Gasteiger partial charge on any atom is 0.249 e.